The topological polar surface area (TPSA) is 26.7 Å². The Labute approximate surface area is 115 Å². The summed E-state index contributed by atoms with van der Waals surface area (Å²) in [5.74, 6) is -0.344. The van der Waals surface area contributed by atoms with Gasteiger partial charge in [-0.25, -0.2) is 4.39 Å². The van der Waals surface area contributed by atoms with Gasteiger partial charge < -0.3 is 14.9 Å². The average molecular weight is 268 g/mol. The fraction of sp³-hybridized carbons (Fsp3) is 0.600. The number of likely N-dealkylation sites (N-methyl/N-ethyl adjacent to an activating group) is 2. The van der Waals surface area contributed by atoms with E-state index in [1.165, 1.54) is 6.07 Å². The number of benzene rings is 1. The summed E-state index contributed by atoms with van der Waals surface area (Å²) in [4.78, 5) is 4.24. The van der Waals surface area contributed by atoms with Crippen molar-refractivity contribution in [1.82, 2.24) is 4.90 Å². The largest absolute Gasteiger partial charge is 0.389 e. The van der Waals surface area contributed by atoms with Crippen molar-refractivity contribution in [2.75, 3.05) is 32.1 Å². The standard InChI is InChI=1S/C15H25FN2O/c1-6-18(11(2)10-17(4)5)14-9-7-8-13(16)15(14)12(3)19/h7-9,11-12,19H,6,10H2,1-5H3/t11?,12-/m0/s1. The Bertz CT molecular complexity index is 407. The molecule has 0 saturated carbocycles. The van der Waals surface area contributed by atoms with Crippen LogP contribution in [0.15, 0.2) is 18.2 Å². The third-order valence-electron chi connectivity index (χ3n) is 3.26. The number of anilines is 1. The molecule has 0 aliphatic heterocycles. The van der Waals surface area contributed by atoms with Crippen LogP contribution in [0, 0.1) is 5.82 Å². The second kappa shape index (κ2) is 6.87. The lowest BCUT2D eigenvalue weighted by Gasteiger charge is -2.34. The van der Waals surface area contributed by atoms with E-state index in [1.54, 1.807) is 13.0 Å². The summed E-state index contributed by atoms with van der Waals surface area (Å²) < 4.78 is 13.9. The quantitative estimate of drug-likeness (QED) is 0.859. The van der Waals surface area contributed by atoms with Crippen LogP contribution in [0.2, 0.25) is 0 Å². The zero-order valence-electron chi connectivity index (χ0n) is 12.5. The number of halogens is 1. The van der Waals surface area contributed by atoms with Gasteiger partial charge in [0.1, 0.15) is 5.82 Å². The van der Waals surface area contributed by atoms with E-state index in [2.05, 4.69) is 16.7 Å². The van der Waals surface area contributed by atoms with Gasteiger partial charge in [0.05, 0.1) is 6.10 Å². The van der Waals surface area contributed by atoms with Crippen molar-refractivity contribution < 1.29 is 9.50 Å². The highest BCUT2D eigenvalue weighted by molar-refractivity contribution is 5.55. The molecule has 0 aromatic heterocycles. The highest BCUT2D eigenvalue weighted by atomic mass is 19.1. The average Bonchev–Trinajstić information content (AvgIpc) is 2.28. The first-order chi connectivity index (χ1) is 8.88. The zero-order chi connectivity index (χ0) is 14.6. The summed E-state index contributed by atoms with van der Waals surface area (Å²) in [7, 11) is 4.04. The van der Waals surface area contributed by atoms with Crippen LogP contribution in [0.1, 0.15) is 32.4 Å². The molecule has 0 aliphatic rings. The molecule has 1 aromatic carbocycles. The number of aliphatic hydroxyl groups excluding tert-OH is 1. The Kier molecular flexibility index (Phi) is 5.76. The smallest absolute Gasteiger partial charge is 0.131 e. The van der Waals surface area contributed by atoms with Gasteiger partial charge in [0.25, 0.3) is 0 Å². The first-order valence-electron chi connectivity index (χ1n) is 6.76. The van der Waals surface area contributed by atoms with Crippen LogP contribution in [0.3, 0.4) is 0 Å². The Morgan fingerprint density at radius 3 is 2.37 bits per heavy atom. The summed E-state index contributed by atoms with van der Waals surface area (Å²) in [6.07, 6.45) is -0.809. The molecule has 0 spiro atoms. The monoisotopic (exact) mass is 268 g/mol. The number of hydrogen-bond acceptors (Lipinski definition) is 3. The molecule has 1 N–H and O–H groups in total. The molecule has 0 amide bonds. The van der Waals surface area contributed by atoms with E-state index in [1.807, 2.05) is 27.1 Å². The Hall–Kier alpha value is -1.13. The third-order valence-corrected chi connectivity index (χ3v) is 3.26. The second-order valence-corrected chi connectivity index (χ2v) is 5.25. The molecule has 0 radical (unpaired) electrons. The van der Waals surface area contributed by atoms with E-state index >= 15 is 0 Å². The van der Waals surface area contributed by atoms with Crippen molar-refractivity contribution in [1.29, 1.82) is 0 Å². The molecule has 1 unspecified atom stereocenters. The third kappa shape index (κ3) is 3.91. The molecular formula is C15H25FN2O. The molecule has 3 nitrogen and oxygen atoms in total. The molecule has 2 atom stereocenters. The maximum atomic E-state index is 13.9. The number of hydrogen-bond donors (Lipinski definition) is 1. The van der Waals surface area contributed by atoms with E-state index < -0.39 is 6.10 Å². The Balaban J connectivity index is 3.14. The first-order valence-corrected chi connectivity index (χ1v) is 6.76. The Morgan fingerprint density at radius 2 is 1.89 bits per heavy atom. The van der Waals surface area contributed by atoms with Gasteiger partial charge in [-0.3, -0.25) is 0 Å². The maximum absolute atomic E-state index is 13.9. The lowest BCUT2D eigenvalue weighted by Crippen LogP contribution is -2.40. The molecule has 0 fully saturated rings. The molecule has 0 bridgehead atoms. The maximum Gasteiger partial charge on any atom is 0.131 e. The van der Waals surface area contributed by atoms with Crippen LogP contribution in [-0.4, -0.2) is 43.2 Å². The van der Waals surface area contributed by atoms with E-state index in [0.717, 1.165) is 18.8 Å². The normalized spacial score (nSPS) is 14.5. The van der Waals surface area contributed by atoms with Crippen LogP contribution in [0.4, 0.5) is 10.1 Å². The van der Waals surface area contributed by atoms with Gasteiger partial charge in [-0.15, -0.1) is 0 Å². The van der Waals surface area contributed by atoms with Gasteiger partial charge in [0.2, 0.25) is 0 Å². The lowest BCUT2D eigenvalue weighted by molar-refractivity contribution is 0.194. The molecule has 19 heavy (non-hydrogen) atoms. The minimum absolute atomic E-state index is 0.249. The van der Waals surface area contributed by atoms with Crippen molar-refractivity contribution in [3.05, 3.63) is 29.6 Å². The predicted octanol–water partition coefficient (Wildman–Crippen LogP) is 2.66. The predicted molar refractivity (Wildman–Crippen MR) is 78.1 cm³/mol. The van der Waals surface area contributed by atoms with Crippen LogP contribution in [0.25, 0.3) is 0 Å². The van der Waals surface area contributed by atoms with Crippen molar-refractivity contribution in [2.24, 2.45) is 0 Å². The minimum Gasteiger partial charge on any atom is -0.389 e. The van der Waals surface area contributed by atoms with Gasteiger partial charge in [-0.2, -0.15) is 0 Å². The molecule has 108 valence electrons. The molecule has 4 heteroatoms. The van der Waals surface area contributed by atoms with Crippen LogP contribution in [-0.2, 0) is 0 Å². The fourth-order valence-corrected chi connectivity index (χ4v) is 2.54. The molecular weight excluding hydrogens is 243 g/mol. The number of nitrogens with zero attached hydrogens (tertiary/aromatic N) is 2. The summed E-state index contributed by atoms with van der Waals surface area (Å²) in [5, 5.41) is 9.82. The van der Waals surface area contributed by atoms with Crippen LogP contribution < -0.4 is 4.90 Å². The van der Waals surface area contributed by atoms with Crippen LogP contribution >= 0.6 is 0 Å². The summed E-state index contributed by atoms with van der Waals surface area (Å²) >= 11 is 0. The van der Waals surface area contributed by atoms with E-state index in [9.17, 15) is 9.50 Å². The fourth-order valence-electron chi connectivity index (χ4n) is 2.54. The number of rotatable bonds is 6. The van der Waals surface area contributed by atoms with Crippen LogP contribution in [0.5, 0.6) is 0 Å². The summed E-state index contributed by atoms with van der Waals surface area (Å²) in [6.45, 7) is 7.41. The second-order valence-electron chi connectivity index (χ2n) is 5.25. The van der Waals surface area contributed by atoms with E-state index in [4.69, 9.17) is 0 Å². The zero-order valence-corrected chi connectivity index (χ0v) is 12.5. The summed E-state index contributed by atoms with van der Waals surface area (Å²) in [6, 6.07) is 5.22. The highest BCUT2D eigenvalue weighted by Crippen LogP contribution is 2.30. The number of aliphatic hydroxyl groups is 1. The van der Waals surface area contributed by atoms with E-state index in [-0.39, 0.29) is 11.9 Å². The molecule has 0 aliphatic carbocycles. The van der Waals surface area contributed by atoms with Gasteiger partial charge in [-0.1, -0.05) is 6.07 Å². The molecule has 0 heterocycles. The minimum atomic E-state index is -0.809. The van der Waals surface area contributed by atoms with Crippen molar-refractivity contribution in [3.8, 4) is 0 Å². The van der Waals surface area contributed by atoms with Crippen molar-refractivity contribution >= 4 is 5.69 Å². The summed E-state index contributed by atoms with van der Waals surface area (Å²) in [5.41, 5.74) is 1.17. The van der Waals surface area contributed by atoms with Crippen molar-refractivity contribution in [3.63, 3.8) is 0 Å². The molecule has 0 saturated heterocycles. The molecule has 1 rings (SSSR count). The van der Waals surface area contributed by atoms with Gasteiger partial charge in [0.15, 0.2) is 0 Å². The SMILES string of the molecule is CCN(c1cccc(F)c1[C@H](C)O)C(C)CN(C)C. The lowest BCUT2D eigenvalue weighted by atomic mass is 10.0. The highest BCUT2D eigenvalue weighted by Gasteiger charge is 2.21. The van der Waals surface area contributed by atoms with Crippen molar-refractivity contribution in [2.45, 2.75) is 32.9 Å². The molecule has 1 aromatic rings. The van der Waals surface area contributed by atoms with Gasteiger partial charge >= 0.3 is 0 Å². The van der Waals surface area contributed by atoms with E-state index in [0.29, 0.717) is 5.56 Å². The van der Waals surface area contributed by atoms with Gasteiger partial charge in [0, 0.05) is 30.4 Å². The Morgan fingerprint density at radius 1 is 1.26 bits per heavy atom. The van der Waals surface area contributed by atoms with Gasteiger partial charge in [-0.05, 0) is 47.0 Å². The first kappa shape index (κ1) is 15.9.